The molecule has 3 heteroatoms. The van der Waals surface area contributed by atoms with Gasteiger partial charge in [-0.25, -0.2) is 9.97 Å². The highest BCUT2D eigenvalue weighted by molar-refractivity contribution is 7.99. The topological polar surface area (TPSA) is 25.8 Å². The highest BCUT2D eigenvalue weighted by atomic mass is 32.2. The molecule has 2 nitrogen and oxygen atoms in total. The molecule has 2 rings (SSSR count). The Morgan fingerprint density at radius 2 is 1.59 bits per heavy atom. The summed E-state index contributed by atoms with van der Waals surface area (Å²) in [5, 5.41) is 0. The largest absolute Gasteiger partial charge is 0.236 e. The van der Waals surface area contributed by atoms with E-state index in [-0.39, 0.29) is 10.8 Å². The van der Waals surface area contributed by atoms with E-state index in [2.05, 4.69) is 41.5 Å². The Morgan fingerprint density at radius 1 is 0.941 bits per heavy atom. The van der Waals surface area contributed by atoms with Gasteiger partial charge in [0.1, 0.15) is 5.82 Å². The van der Waals surface area contributed by atoms with Crippen LogP contribution in [0.4, 0.5) is 0 Å². The van der Waals surface area contributed by atoms with Crippen LogP contribution in [-0.4, -0.2) is 15.7 Å². The third-order valence-corrected chi connectivity index (χ3v) is 4.03. The molecule has 0 aliphatic carbocycles. The van der Waals surface area contributed by atoms with Gasteiger partial charge in [-0.15, -0.1) is 11.8 Å². The number of aryl methyl sites for hydroxylation is 1. The summed E-state index contributed by atoms with van der Waals surface area (Å²) in [7, 11) is 0. The lowest BCUT2D eigenvalue weighted by Crippen LogP contribution is -2.23. The lowest BCUT2D eigenvalue weighted by molar-refractivity contribution is 0.499. The molecular weight excluding hydrogens is 228 g/mol. The molecule has 0 saturated heterocycles. The molecule has 0 N–H and O–H groups in total. The standard InChI is InChI=1S/C14H22N2S/c1-13(2,3)11-10-9(7-8-17-10)15-12(16-11)14(4,5)6/h7-8H2,1-6H3. The summed E-state index contributed by atoms with van der Waals surface area (Å²) in [6.45, 7) is 13.3. The summed E-state index contributed by atoms with van der Waals surface area (Å²) in [6.07, 6.45) is 1.09. The molecule has 1 aromatic heterocycles. The van der Waals surface area contributed by atoms with E-state index in [0.29, 0.717) is 0 Å². The maximum absolute atomic E-state index is 4.85. The molecule has 2 heterocycles. The monoisotopic (exact) mass is 250 g/mol. The van der Waals surface area contributed by atoms with Crippen LogP contribution in [-0.2, 0) is 17.3 Å². The number of rotatable bonds is 0. The Bertz CT molecular complexity index is 439. The fourth-order valence-electron chi connectivity index (χ4n) is 1.91. The first-order chi connectivity index (χ1) is 7.69. The smallest absolute Gasteiger partial charge is 0.134 e. The quantitative estimate of drug-likeness (QED) is 0.702. The predicted octanol–water partition coefficient (Wildman–Crippen LogP) is 3.72. The maximum atomic E-state index is 4.85. The Balaban J connectivity index is 2.62. The number of hydrogen-bond donors (Lipinski definition) is 0. The highest BCUT2D eigenvalue weighted by Crippen LogP contribution is 2.39. The van der Waals surface area contributed by atoms with E-state index in [9.17, 15) is 0 Å². The van der Waals surface area contributed by atoms with Crippen LogP contribution in [0.3, 0.4) is 0 Å². The van der Waals surface area contributed by atoms with Crippen molar-refractivity contribution in [1.82, 2.24) is 9.97 Å². The Kier molecular flexibility index (Phi) is 3.01. The molecule has 17 heavy (non-hydrogen) atoms. The van der Waals surface area contributed by atoms with Crippen LogP contribution in [0.2, 0.25) is 0 Å². The van der Waals surface area contributed by atoms with Crippen LogP contribution in [0.5, 0.6) is 0 Å². The van der Waals surface area contributed by atoms with Crippen molar-refractivity contribution >= 4 is 11.8 Å². The van der Waals surface area contributed by atoms with E-state index in [0.717, 1.165) is 18.0 Å². The average molecular weight is 250 g/mol. The minimum absolute atomic E-state index is 0.0300. The molecule has 0 unspecified atom stereocenters. The molecular formula is C14H22N2S. The number of nitrogens with zero attached hydrogens (tertiary/aromatic N) is 2. The molecule has 1 aromatic rings. The van der Waals surface area contributed by atoms with Gasteiger partial charge in [-0.05, 0) is 0 Å². The van der Waals surface area contributed by atoms with E-state index in [4.69, 9.17) is 9.97 Å². The van der Waals surface area contributed by atoms with Crippen LogP contribution in [0.1, 0.15) is 58.8 Å². The van der Waals surface area contributed by atoms with Crippen molar-refractivity contribution in [2.24, 2.45) is 0 Å². The van der Waals surface area contributed by atoms with E-state index in [1.165, 1.54) is 16.3 Å². The molecule has 0 spiro atoms. The summed E-state index contributed by atoms with van der Waals surface area (Å²) < 4.78 is 0. The second kappa shape index (κ2) is 3.98. The lowest BCUT2D eigenvalue weighted by atomic mass is 9.89. The molecule has 0 saturated carbocycles. The van der Waals surface area contributed by atoms with Crippen molar-refractivity contribution in [1.29, 1.82) is 0 Å². The Morgan fingerprint density at radius 3 is 2.12 bits per heavy atom. The van der Waals surface area contributed by atoms with Crippen molar-refractivity contribution < 1.29 is 0 Å². The second-order valence-corrected chi connectivity index (χ2v) is 7.88. The van der Waals surface area contributed by atoms with Gasteiger partial charge in [0.25, 0.3) is 0 Å². The molecule has 0 atom stereocenters. The zero-order valence-corrected chi connectivity index (χ0v) is 12.5. The molecule has 0 aromatic carbocycles. The van der Waals surface area contributed by atoms with Gasteiger partial charge in [0, 0.05) is 23.0 Å². The summed E-state index contributed by atoms with van der Waals surface area (Å²) in [4.78, 5) is 11.0. The van der Waals surface area contributed by atoms with Crippen LogP contribution in [0.15, 0.2) is 4.90 Å². The zero-order chi connectivity index (χ0) is 12.8. The van der Waals surface area contributed by atoms with Gasteiger partial charge in [-0.2, -0.15) is 0 Å². The van der Waals surface area contributed by atoms with E-state index in [1.54, 1.807) is 0 Å². The summed E-state index contributed by atoms with van der Waals surface area (Å²) >= 11 is 1.92. The Hall–Kier alpha value is -0.570. The normalized spacial score (nSPS) is 16.1. The minimum atomic E-state index is 0.0300. The summed E-state index contributed by atoms with van der Waals surface area (Å²) in [6, 6.07) is 0. The minimum Gasteiger partial charge on any atom is -0.236 e. The summed E-state index contributed by atoms with van der Waals surface area (Å²) in [5.41, 5.74) is 2.63. The highest BCUT2D eigenvalue weighted by Gasteiger charge is 2.29. The number of fused-ring (bicyclic) bond motifs is 1. The van der Waals surface area contributed by atoms with Gasteiger partial charge in [0.05, 0.1) is 16.3 Å². The molecule has 0 amide bonds. The first-order valence-electron chi connectivity index (χ1n) is 6.24. The van der Waals surface area contributed by atoms with E-state index >= 15 is 0 Å². The number of hydrogen-bond acceptors (Lipinski definition) is 3. The van der Waals surface area contributed by atoms with Crippen molar-refractivity contribution in [2.75, 3.05) is 5.75 Å². The van der Waals surface area contributed by atoms with Gasteiger partial charge < -0.3 is 0 Å². The van der Waals surface area contributed by atoms with Crippen LogP contribution < -0.4 is 0 Å². The van der Waals surface area contributed by atoms with E-state index < -0.39 is 0 Å². The average Bonchev–Trinajstić information content (AvgIpc) is 2.59. The number of aromatic nitrogens is 2. The van der Waals surface area contributed by atoms with Gasteiger partial charge >= 0.3 is 0 Å². The number of thioether (sulfide) groups is 1. The molecule has 0 fully saturated rings. The van der Waals surface area contributed by atoms with Gasteiger partial charge in [-0.3, -0.25) is 0 Å². The van der Waals surface area contributed by atoms with Gasteiger partial charge in [0.2, 0.25) is 0 Å². The first-order valence-corrected chi connectivity index (χ1v) is 7.23. The third kappa shape index (κ3) is 2.49. The van der Waals surface area contributed by atoms with Crippen molar-refractivity contribution in [3.8, 4) is 0 Å². The second-order valence-electron chi connectivity index (χ2n) is 6.77. The van der Waals surface area contributed by atoms with Crippen LogP contribution >= 0.6 is 11.8 Å². The van der Waals surface area contributed by atoms with Gasteiger partial charge in [-0.1, -0.05) is 41.5 Å². The lowest BCUT2D eigenvalue weighted by Gasteiger charge is -2.25. The third-order valence-electron chi connectivity index (χ3n) is 2.90. The molecule has 0 bridgehead atoms. The molecule has 94 valence electrons. The predicted molar refractivity (Wildman–Crippen MR) is 73.9 cm³/mol. The molecule has 1 aliphatic heterocycles. The van der Waals surface area contributed by atoms with Crippen LogP contribution in [0.25, 0.3) is 0 Å². The van der Waals surface area contributed by atoms with Crippen molar-refractivity contribution in [2.45, 2.75) is 63.7 Å². The fraction of sp³-hybridized carbons (Fsp3) is 0.714. The van der Waals surface area contributed by atoms with Gasteiger partial charge in [0.15, 0.2) is 0 Å². The van der Waals surface area contributed by atoms with Crippen LogP contribution in [0, 0.1) is 0 Å². The summed E-state index contributed by atoms with van der Waals surface area (Å²) in [5.74, 6) is 2.14. The molecule has 1 aliphatic rings. The Labute approximate surface area is 109 Å². The van der Waals surface area contributed by atoms with Crippen molar-refractivity contribution in [3.63, 3.8) is 0 Å². The first kappa shape index (κ1) is 12.9. The van der Waals surface area contributed by atoms with E-state index in [1.807, 2.05) is 11.8 Å². The molecule has 0 radical (unpaired) electrons. The SMILES string of the molecule is CC(C)(C)c1nc2c(c(C(C)(C)C)n1)SCC2. The zero-order valence-electron chi connectivity index (χ0n) is 11.7. The van der Waals surface area contributed by atoms with Crippen molar-refractivity contribution in [3.05, 3.63) is 17.2 Å². The maximum Gasteiger partial charge on any atom is 0.134 e. The fourth-order valence-corrected chi connectivity index (χ4v) is 3.21.